The molecular weight excluding hydrogens is 338 g/mol. The van der Waals surface area contributed by atoms with E-state index in [1.807, 2.05) is 13.0 Å². The fraction of sp³-hybridized carbons (Fsp3) is 0.182. The van der Waals surface area contributed by atoms with Crippen LogP contribution in [-0.2, 0) is 37.5 Å². The van der Waals surface area contributed by atoms with Gasteiger partial charge in [0.25, 0.3) is 0 Å². The van der Waals surface area contributed by atoms with Crippen molar-refractivity contribution in [2.45, 2.75) is 13.8 Å². The predicted octanol–water partition coefficient (Wildman–Crippen LogP) is -0.835. The van der Waals surface area contributed by atoms with Crippen molar-refractivity contribution in [2.75, 3.05) is 0 Å². The molecule has 0 aliphatic heterocycles. The average molecular weight is 351 g/mol. The largest absolute Gasteiger partial charge is 1.00 e. The Morgan fingerprint density at radius 1 is 1.47 bits per heavy atom. The summed E-state index contributed by atoms with van der Waals surface area (Å²) < 4.78 is 0. The van der Waals surface area contributed by atoms with Gasteiger partial charge in [-0.05, 0) is 0 Å². The van der Waals surface area contributed by atoms with Crippen molar-refractivity contribution in [3.8, 4) is 0 Å². The van der Waals surface area contributed by atoms with Crippen molar-refractivity contribution in [3.63, 3.8) is 0 Å². The number of aliphatic carboxylic acids is 1. The first-order chi connectivity index (χ1) is 6.06. The zero-order chi connectivity index (χ0) is 10.3. The fourth-order valence-electron chi connectivity index (χ4n) is 0.580. The maximum absolute atomic E-state index is 9.19. The van der Waals surface area contributed by atoms with Crippen LogP contribution in [0.5, 0.6) is 0 Å². The Morgan fingerprint density at radius 2 is 1.93 bits per heavy atom. The van der Waals surface area contributed by atoms with Gasteiger partial charge in [0, 0.05) is 32.7 Å². The molecule has 1 aromatic carbocycles. The van der Waals surface area contributed by atoms with Crippen molar-refractivity contribution in [1.82, 2.24) is 0 Å². The van der Waals surface area contributed by atoms with Crippen LogP contribution in [0.15, 0.2) is 24.8 Å². The van der Waals surface area contributed by atoms with Gasteiger partial charge in [-0.2, -0.15) is 35.4 Å². The number of aryl methyl sites for hydroxylation is 2. The molecule has 0 bridgehead atoms. The molecule has 0 saturated carbocycles. The molecule has 0 unspecified atom stereocenters. The van der Waals surface area contributed by atoms with E-state index in [0.717, 1.165) is 0 Å². The van der Waals surface area contributed by atoms with Crippen LogP contribution in [0, 0.1) is 26.0 Å². The molecule has 0 heterocycles. The Labute approximate surface area is 165 Å². The monoisotopic (exact) mass is 350 g/mol. The molecule has 1 N–H and O–H groups in total. The number of carboxylic acids is 1. The van der Waals surface area contributed by atoms with Crippen LogP contribution < -0.4 is 58.2 Å². The van der Waals surface area contributed by atoms with Gasteiger partial charge in [-0.3, -0.25) is 11.4 Å². The molecule has 0 aliphatic carbocycles. The Bertz CT molecular complexity index is 262. The van der Waals surface area contributed by atoms with Gasteiger partial charge in [-0.15, -0.1) is 0 Å². The van der Waals surface area contributed by atoms with Crippen LogP contribution in [-0.4, -0.2) is 11.1 Å². The average Bonchev–Trinajstić information content (AvgIpc) is 2.11. The second kappa shape index (κ2) is 13.4. The summed E-state index contributed by atoms with van der Waals surface area (Å²) in [7, 11) is 0. The van der Waals surface area contributed by atoms with Gasteiger partial charge in [-0.1, -0.05) is 13.8 Å². The van der Waals surface area contributed by atoms with Crippen molar-refractivity contribution in [3.05, 3.63) is 48.0 Å². The predicted molar refractivity (Wildman–Crippen MR) is 51.3 cm³/mol. The molecule has 0 amide bonds. The maximum Gasteiger partial charge on any atom is 1.00 e. The van der Waals surface area contributed by atoms with Gasteiger partial charge in [0.2, 0.25) is 0 Å². The van der Waals surface area contributed by atoms with Crippen LogP contribution in [0.25, 0.3) is 0 Å². The summed E-state index contributed by atoms with van der Waals surface area (Å²) in [6, 6.07) is 9.25. The third kappa shape index (κ3) is 15.3. The third-order valence-corrected chi connectivity index (χ3v) is 1.27. The van der Waals surface area contributed by atoms with E-state index in [1.54, 1.807) is 6.08 Å². The molecule has 0 fully saturated rings. The first kappa shape index (κ1) is 21.6. The quantitative estimate of drug-likeness (QED) is 0.530. The Hall–Kier alpha value is 1.34. The second-order valence-electron chi connectivity index (χ2n) is 2.53. The molecular formula is C11H12O2RbY-. The molecule has 0 spiro atoms. The molecule has 1 rings (SSSR count). The van der Waals surface area contributed by atoms with Crippen molar-refractivity contribution in [1.29, 1.82) is 0 Å². The molecule has 0 atom stereocenters. The number of carbonyl (C=O) groups is 1. The summed E-state index contributed by atoms with van der Waals surface area (Å²) in [5.41, 5.74) is 2.48. The minimum absolute atomic E-state index is 0. The first-order valence-corrected chi connectivity index (χ1v) is 3.77. The number of hydrogen-bond acceptors (Lipinski definition) is 1. The van der Waals surface area contributed by atoms with Crippen molar-refractivity contribution >= 4 is 5.97 Å². The molecule has 4 heteroatoms. The summed E-state index contributed by atoms with van der Waals surface area (Å²) in [4.78, 5) is 9.19. The molecule has 0 aromatic heterocycles. The molecule has 0 saturated heterocycles. The van der Waals surface area contributed by atoms with E-state index in [9.17, 15) is 4.79 Å². The summed E-state index contributed by atoms with van der Waals surface area (Å²) >= 11 is 0. The van der Waals surface area contributed by atoms with Crippen LogP contribution in [0.3, 0.4) is 0 Å². The summed E-state index contributed by atoms with van der Waals surface area (Å²) in [6.07, 6.45) is 1.69. The summed E-state index contributed by atoms with van der Waals surface area (Å²) in [6.45, 7) is 6.94. The second-order valence-corrected chi connectivity index (χ2v) is 2.53. The van der Waals surface area contributed by atoms with Gasteiger partial charge in [0.05, 0.1) is 0 Å². The van der Waals surface area contributed by atoms with Gasteiger partial charge < -0.3 is 11.2 Å². The smallest absolute Gasteiger partial charge is 0.505 e. The molecule has 1 radical (unpaired) electrons. The molecule has 2 nitrogen and oxygen atoms in total. The number of carboxylic acid groups (broad SMARTS) is 1. The standard InChI is InChI=1S/C8H9.C3H3O2.Rb.Y/c1-7-3-5-8(2)6-4-7;1-2-3(4)5;;/h3-5H,1-2H3;1H2,(H,4,5);;/q2*-1;+1;. The normalized spacial score (nSPS) is 7.07. The van der Waals surface area contributed by atoms with Gasteiger partial charge in [0.15, 0.2) is 0 Å². The Kier molecular flexibility index (Phi) is 19.3. The van der Waals surface area contributed by atoms with E-state index >= 15 is 0 Å². The SMILES string of the molecule is C=[C-]C(=O)O.Cc1[c-]cc(C)cc1.[Rb+].[Y]. The van der Waals surface area contributed by atoms with Crippen LogP contribution in [0.2, 0.25) is 0 Å². The number of hydrogen-bond donors (Lipinski definition) is 1. The Morgan fingerprint density at radius 3 is 2.13 bits per heavy atom. The van der Waals surface area contributed by atoms with E-state index in [4.69, 9.17) is 5.11 Å². The third-order valence-electron chi connectivity index (χ3n) is 1.27. The van der Waals surface area contributed by atoms with E-state index < -0.39 is 5.97 Å². The molecule has 73 valence electrons. The molecule has 15 heavy (non-hydrogen) atoms. The van der Waals surface area contributed by atoms with Crippen LogP contribution in [0.4, 0.5) is 0 Å². The summed E-state index contributed by atoms with van der Waals surface area (Å²) in [5, 5.41) is 7.55. The first-order valence-electron chi connectivity index (χ1n) is 3.77. The van der Waals surface area contributed by atoms with Gasteiger partial charge in [0.1, 0.15) is 5.97 Å². The van der Waals surface area contributed by atoms with Crippen LogP contribution in [0.1, 0.15) is 11.1 Å². The molecule has 0 aliphatic rings. The number of rotatable bonds is 1. The zero-order valence-electron chi connectivity index (χ0n) is 9.37. The van der Waals surface area contributed by atoms with Crippen molar-refractivity contribution < 1.29 is 101 Å². The van der Waals surface area contributed by atoms with E-state index in [1.165, 1.54) is 11.1 Å². The number of benzene rings is 1. The Balaban J connectivity index is -0.000000185. The van der Waals surface area contributed by atoms with Crippen molar-refractivity contribution in [2.24, 2.45) is 0 Å². The topological polar surface area (TPSA) is 37.3 Å². The van der Waals surface area contributed by atoms with Crippen LogP contribution >= 0.6 is 0 Å². The minimum Gasteiger partial charge on any atom is -0.505 e. The maximum atomic E-state index is 9.19. The van der Waals surface area contributed by atoms with E-state index in [0.29, 0.717) is 0 Å². The fourth-order valence-corrected chi connectivity index (χ4v) is 0.580. The van der Waals surface area contributed by atoms with E-state index in [-0.39, 0.29) is 90.9 Å². The molecule has 1 aromatic rings. The summed E-state index contributed by atoms with van der Waals surface area (Å²) in [5.74, 6) is -1.11. The minimum atomic E-state index is -1.11. The van der Waals surface area contributed by atoms with E-state index in [2.05, 4.69) is 31.7 Å². The van der Waals surface area contributed by atoms with Gasteiger partial charge in [-0.25, -0.2) is 0 Å². The zero-order valence-corrected chi connectivity index (χ0v) is 17.1. The van der Waals surface area contributed by atoms with Gasteiger partial charge >= 0.3 is 58.2 Å².